The number of carbonyl (C=O) groups is 2. The Balaban J connectivity index is 4.39. The molecule has 5 heteroatoms. The lowest BCUT2D eigenvalue weighted by Gasteiger charge is -2.24. The van der Waals surface area contributed by atoms with Gasteiger partial charge in [0.2, 0.25) is 11.8 Å². The van der Waals surface area contributed by atoms with E-state index in [0.717, 1.165) is 6.42 Å². The summed E-state index contributed by atoms with van der Waals surface area (Å²) in [6.07, 6.45) is 1.90. The number of amides is 2. The average Bonchev–Trinajstić information content (AvgIpc) is 2.28. The van der Waals surface area contributed by atoms with Gasteiger partial charge in [0.05, 0.1) is 12.5 Å². The van der Waals surface area contributed by atoms with Crippen molar-refractivity contribution in [2.75, 3.05) is 6.61 Å². The Bertz CT molecular complexity index is 354. The molecule has 0 rings (SSSR count). The molecule has 0 fully saturated rings. The summed E-state index contributed by atoms with van der Waals surface area (Å²) in [5.74, 6) is -0.0429. The zero-order chi connectivity index (χ0) is 17.4. The van der Waals surface area contributed by atoms with Gasteiger partial charge >= 0.3 is 0 Å². The van der Waals surface area contributed by atoms with Crippen LogP contribution in [0, 0.1) is 0 Å². The number of carbonyl (C=O) groups excluding carboxylic acids is 2. The van der Waals surface area contributed by atoms with Crippen LogP contribution < -0.4 is 10.6 Å². The first kappa shape index (κ1) is 20.9. The summed E-state index contributed by atoms with van der Waals surface area (Å²) in [6, 6.07) is 0. The number of hydrogen-bond acceptors (Lipinski definition) is 3. The van der Waals surface area contributed by atoms with Crippen molar-refractivity contribution in [1.29, 1.82) is 0 Å². The van der Waals surface area contributed by atoms with Crippen molar-refractivity contribution < 1.29 is 14.3 Å². The third-order valence-electron chi connectivity index (χ3n) is 2.69. The Morgan fingerprint density at radius 3 is 1.91 bits per heavy atom. The quantitative estimate of drug-likeness (QED) is 0.724. The maximum Gasteiger partial charge on any atom is 0.223 e. The second-order valence-electron chi connectivity index (χ2n) is 7.83. The van der Waals surface area contributed by atoms with Crippen molar-refractivity contribution in [2.45, 2.75) is 91.3 Å². The summed E-state index contributed by atoms with van der Waals surface area (Å²) in [6.45, 7) is 14.3. The van der Waals surface area contributed by atoms with Gasteiger partial charge in [-0.15, -0.1) is 0 Å². The van der Waals surface area contributed by atoms with Crippen molar-refractivity contribution >= 4 is 11.8 Å². The molecule has 130 valence electrons. The predicted molar refractivity (Wildman–Crippen MR) is 89.7 cm³/mol. The van der Waals surface area contributed by atoms with Crippen LogP contribution >= 0.6 is 0 Å². The SMILES string of the molecule is CCCOC(CCC(=O)NC(C)(C)C)CC(=O)NC(C)(C)C. The van der Waals surface area contributed by atoms with Gasteiger partial charge in [0, 0.05) is 24.1 Å². The molecule has 0 saturated heterocycles. The van der Waals surface area contributed by atoms with E-state index in [9.17, 15) is 9.59 Å². The molecule has 0 radical (unpaired) electrons. The zero-order valence-corrected chi connectivity index (χ0v) is 15.3. The van der Waals surface area contributed by atoms with E-state index in [1.807, 2.05) is 48.5 Å². The van der Waals surface area contributed by atoms with Gasteiger partial charge in [-0.2, -0.15) is 0 Å². The van der Waals surface area contributed by atoms with Crippen LogP contribution in [0.25, 0.3) is 0 Å². The van der Waals surface area contributed by atoms with Crippen LogP contribution in [0.3, 0.4) is 0 Å². The highest BCUT2D eigenvalue weighted by molar-refractivity contribution is 5.78. The minimum absolute atomic E-state index is 0.00571. The van der Waals surface area contributed by atoms with Crippen LogP contribution in [0.1, 0.15) is 74.1 Å². The fourth-order valence-electron chi connectivity index (χ4n) is 1.98. The van der Waals surface area contributed by atoms with E-state index >= 15 is 0 Å². The van der Waals surface area contributed by atoms with E-state index in [1.54, 1.807) is 0 Å². The lowest BCUT2D eigenvalue weighted by Crippen LogP contribution is -2.43. The number of ether oxygens (including phenoxy) is 1. The van der Waals surface area contributed by atoms with Gasteiger partial charge in [0.25, 0.3) is 0 Å². The topological polar surface area (TPSA) is 67.4 Å². The van der Waals surface area contributed by atoms with Gasteiger partial charge < -0.3 is 15.4 Å². The van der Waals surface area contributed by atoms with E-state index in [-0.39, 0.29) is 29.0 Å². The minimum Gasteiger partial charge on any atom is -0.378 e. The van der Waals surface area contributed by atoms with Gasteiger partial charge in [-0.25, -0.2) is 0 Å². The van der Waals surface area contributed by atoms with E-state index in [4.69, 9.17) is 4.74 Å². The third kappa shape index (κ3) is 12.6. The normalized spacial score (nSPS) is 13.6. The Labute approximate surface area is 135 Å². The molecular weight excluding hydrogens is 280 g/mol. The monoisotopic (exact) mass is 314 g/mol. The van der Waals surface area contributed by atoms with Gasteiger partial charge in [0.15, 0.2) is 0 Å². The second kappa shape index (κ2) is 9.13. The van der Waals surface area contributed by atoms with Crippen molar-refractivity contribution in [3.63, 3.8) is 0 Å². The zero-order valence-electron chi connectivity index (χ0n) is 15.3. The van der Waals surface area contributed by atoms with Gasteiger partial charge in [-0.1, -0.05) is 6.92 Å². The smallest absolute Gasteiger partial charge is 0.223 e. The lowest BCUT2D eigenvalue weighted by atomic mass is 10.1. The molecular formula is C17H34N2O3. The van der Waals surface area contributed by atoms with Crippen LogP contribution in [-0.4, -0.2) is 35.6 Å². The summed E-state index contributed by atoms with van der Waals surface area (Å²) in [5, 5.41) is 5.86. The van der Waals surface area contributed by atoms with Crippen molar-refractivity contribution in [3.05, 3.63) is 0 Å². The summed E-state index contributed by atoms with van der Waals surface area (Å²) in [4.78, 5) is 23.9. The first-order chi connectivity index (χ1) is 9.93. The fourth-order valence-corrected chi connectivity index (χ4v) is 1.98. The Hall–Kier alpha value is -1.10. The maximum absolute atomic E-state index is 12.0. The molecule has 22 heavy (non-hydrogen) atoms. The van der Waals surface area contributed by atoms with Crippen LogP contribution in [-0.2, 0) is 14.3 Å². The molecule has 1 unspecified atom stereocenters. The van der Waals surface area contributed by atoms with Gasteiger partial charge in [-0.05, 0) is 54.4 Å². The average molecular weight is 314 g/mol. The molecule has 0 heterocycles. The number of rotatable bonds is 8. The largest absolute Gasteiger partial charge is 0.378 e. The molecule has 0 aromatic heterocycles. The van der Waals surface area contributed by atoms with Crippen LogP contribution in [0.2, 0.25) is 0 Å². The molecule has 5 nitrogen and oxygen atoms in total. The lowest BCUT2D eigenvalue weighted by molar-refractivity contribution is -0.127. The molecule has 0 bridgehead atoms. The van der Waals surface area contributed by atoms with E-state index in [0.29, 0.717) is 25.9 Å². The molecule has 0 saturated carbocycles. The van der Waals surface area contributed by atoms with Crippen LogP contribution in [0.5, 0.6) is 0 Å². The van der Waals surface area contributed by atoms with Crippen molar-refractivity contribution in [1.82, 2.24) is 10.6 Å². The third-order valence-corrected chi connectivity index (χ3v) is 2.69. The van der Waals surface area contributed by atoms with E-state index in [2.05, 4.69) is 10.6 Å². The van der Waals surface area contributed by atoms with E-state index < -0.39 is 0 Å². The Kier molecular flexibility index (Phi) is 8.68. The van der Waals surface area contributed by atoms with Crippen LogP contribution in [0.4, 0.5) is 0 Å². The highest BCUT2D eigenvalue weighted by Gasteiger charge is 2.21. The van der Waals surface area contributed by atoms with Crippen molar-refractivity contribution in [2.24, 2.45) is 0 Å². The Morgan fingerprint density at radius 2 is 1.45 bits per heavy atom. The first-order valence-electron chi connectivity index (χ1n) is 8.16. The second-order valence-corrected chi connectivity index (χ2v) is 7.83. The molecule has 0 aliphatic rings. The molecule has 0 aromatic carbocycles. The number of hydrogen-bond donors (Lipinski definition) is 2. The minimum atomic E-state index is -0.254. The predicted octanol–water partition coefficient (Wildman–Crippen LogP) is 2.78. The molecule has 1 atom stereocenters. The van der Waals surface area contributed by atoms with E-state index in [1.165, 1.54) is 0 Å². The maximum atomic E-state index is 12.0. The Morgan fingerprint density at radius 1 is 0.955 bits per heavy atom. The summed E-state index contributed by atoms with van der Waals surface area (Å²) in [5.41, 5.74) is -0.490. The number of nitrogens with one attached hydrogen (secondary N) is 2. The fraction of sp³-hybridized carbons (Fsp3) is 0.882. The molecule has 2 N–H and O–H groups in total. The van der Waals surface area contributed by atoms with Crippen molar-refractivity contribution in [3.8, 4) is 0 Å². The highest BCUT2D eigenvalue weighted by Crippen LogP contribution is 2.11. The first-order valence-corrected chi connectivity index (χ1v) is 8.16. The molecule has 0 aromatic rings. The van der Waals surface area contributed by atoms with Gasteiger partial charge in [-0.3, -0.25) is 9.59 Å². The summed E-state index contributed by atoms with van der Waals surface area (Å²) < 4.78 is 5.72. The summed E-state index contributed by atoms with van der Waals surface area (Å²) in [7, 11) is 0. The molecule has 2 amide bonds. The standard InChI is InChI=1S/C17H34N2O3/c1-8-11-22-13(12-15(21)19-17(5,6)7)9-10-14(20)18-16(2,3)4/h13H,8-12H2,1-7H3,(H,18,20)(H,19,21). The molecule has 0 aliphatic carbocycles. The highest BCUT2D eigenvalue weighted by atomic mass is 16.5. The molecule has 0 spiro atoms. The molecule has 0 aliphatic heterocycles. The summed E-state index contributed by atoms with van der Waals surface area (Å²) >= 11 is 0. The van der Waals surface area contributed by atoms with Crippen LogP contribution in [0.15, 0.2) is 0 Å². The van der Waals surface area contributed by atoms with Gasteiger partial charge in [0.1, 0.15) is 0 Å².